The zero-order chi connectivity index (χ0) is 31.8. The Balaban J connectivity index is 1.35. The van der Waals surface area contributed by atoms with Crippen LogP contribution in [0.4, 0.5) is 26.5 Å². The maximum Gasteiger partial charge on any atom is 0.410 e. The van der Waals surface area contributed by atoms with E-state index < -0.39 is 17.3 Å². The molecule has 2 amide bonds. The summed E-state index contributed by atoms with van der Waals surface area (Å²) in [6.45, 7) is 15.8. The van der Waals surface area contributed by atoms with E-state index in [2.05, 4.69) is 36.0 Å². The number of methoxy groups -OCH3 is 1. The minimum absolute atomic E-state index is 0.148. The van der Waals surface area contributed by atoms with Crippen LogP contribution in [0.2, 0.25) is 0 Å². The highest BCUT2D eigenvalue weighted by Gasteiger charge is 2.34. The van der Waals surface area contributed by atoms with Gasteiger partial charge in [-0.3, -0.25) is 4.79 Å². The Morgan fingerprint density at radius 1 is 1.18 bits per heavy atom. The number of rotatable bonds is 8. The predicted octanol–water partition coefficient (Wildman–Crippen LogP) is 5.48. The molecule has 0 aliphatic carbocycles. The zero-order valence-electron chi connectivity index (χ0n) is 26.3. The molecule has 1 aromatic carbocycles. The van der Waals surface area contributed by atoms with Crippen molar-refractivity contribution in [3.05, 3.63) is 59.6 Å². The van der Waals surface area contributed by atoms with Gasteiger partial charge in [0.1, 0.15) is 17.2 Å². The van der Waals surface area contributed by atoms with E-state index in [9.17, 15) is 14.0 Å². The van der Waals surface area contributed by atoms with Crippen LogP contribution in [0.1, 0.15) is 63.6 Å². The first-order chi connectivity index (χ1) is 20.8. The summed E-state index contributed by atoms with van der Waals surface area (Å²) in [6, 6.07) is 7.58. The minimum Gasteiger partial charge on any atom is -0.444 e. The van der Waals surface area contributed by atoms with Crippen LogP contribution in [0.3, 0.4) is 0 Å². The van der Waals surface area contributed by atoms with Gasteiger partial charge in [-0.1, -0.05) is 26.5 Å². The SMILES string of the molecule is C=C(F)C(=O)Nc1ccc2c(c1)CN(c1cc(NC[C@H]3CCN(C(=O)OC(C)(C)C)C[C@@H]3OC)nc3c(C(C)C)cnn13)C2. The summed E-state index contributed by atoms with van der Waals surface area (Å²) in [5, 5.41) is 10.8. The van der Waals surface area contributed by atoms with E-state index in [1.54, 1.807) is 18.1 Å². The van der Waals surface area contributed by atoms with Gasteiger partial charge in [0.2, 0.25) is 0 Å². The first-order valence-electron chi connectivity index (χ1n) is 15.0. The molecule has 5 rings (SSSR count). The fourth-order valence-electron chi connectivity index (χ4n) is 5.71. The summed E-state index contributed by atoms with van der Waals surface area (Å²) in [5.74, 6) is 0.118. The van der Waals surface area contributed by atoms with Gasteiger partial charge in [-0.25, -0.2) is 14.2 Å². The third-order valence-corrected chi connectivity index (χ3v) is 8.05. The number of carbonyl (C=O) groups excluding carboxylic acids is 2. The first-order valence-corrected chi connectivity index (χ1v) is 15.0. The fourth-order valence-corrected chi connectivity index (χ4v) is 5.71. The van der Waals surface area contributed by atoms with Gasteiger partial charge in [-0.05, 0) is 56.4 Å². The van der Waals surface area contributed by atoms with Gasteiger partial charge < -0.3 is 29.9 Å². The number of halogens is 1. The number of benzene rings is 1. The summed E-state index contributed by atoms with van der Waals surface area (Å²) in [7, 11) is 1.68. The van der Waals surface area contributed by atoms with E-state index in [1.807, 2.05) is 49.7 Å². The zero-order valence-corrected chi connectivity index (χ0v) is 26.3. The van der Waals surface area contributed by atoms with Gasteiger partial charge in [-0.15, -0.1) is 0 Å². The molecule has 2 N–H and O–H groups in total. The molecule has 0 saturated carbocycles. The second-order valence-electron chi connectivity index (χ2n) is 12.8. The van der Waals surface area contributed by atoms with Crippen LogP contribution in [0.25, 0.3) is 5.65 Å². The van der Waals surface area contributed by atoms with Crippen molar-refractivity contribution in [3.63, 3.8) is 0 Å². The summed E-state index contributed by atoms with van der Waals surface area (Å²) in [6.07, 6.45) is 2.16. The van der Waals surface area contributed by atoms with Crippen LogP contribution in [0.15, 0.2) is 42.9 Å². The lowest BCUT2D eigenvalue weighted by molar-refractivity contribution is -0.114. The molecule has 2 aliphatic heterocycles. The van der Waals surface area contributed by atoms with Gasteiger partial charge in [0.15, 0.2) is 11.5 Å². The van der Waals surface area contributed by atoms with Crippen LogP contribution in [0, 0.1) is 5.92 Å². The Bertz CT molecular complexity index is 1560. The number of ether oxygens (including phenoxy) is 2. The summed E-state index contributed by atoms with van der Waals surface area (Å²) >= 11 is 0. The van der Waals surface area contributed by atoms with E-state index in [1.165, 1.54) is 0 Å². The number of nitrogens with zero attached hydrogens (tertiary/aromatic N) is 5. The Morgan fingerprint density at radius 2 is 1.93 bits per heavy atom. The summed E-state index contributed by atoms with van der Waals surface area (Å²) in [4.78, 5) is 33.3. The molecule has 2 atom stereocenters. The molecule has 1 saturated heterocycles. The van der Waals surface area contributed by atoms with Crippen molar-refractivity contribution in [1.29, 1.82) is 0 Å². The second kappa shape index (κ2) is 12.4. The number of nitrogens with one attached hydrogen (secondary N) is 2. The molecule has 236 valence electrons. The molecule has 44 heavy (non-hydrogen) atoms. The number of fused-ring (bicyclic) bond motifs is 2. The number of hydrogen-bond donors (Lipinski definition) is 2. The maximum atomic E-state index is 13.2. The average molecular weight is 608 g/mol. The maximum absolute atomic E-state index is 13.2. The van der Waals surface area contributed by atoms with Crippen LogP contribution in [0.5, 0.6) is 0 Å². The number of carbonyl (C=O) groups is 2. The lowest BCUT2D eigenvalue weighted by Crippen LogP contribution is -2.50. The third kappa shape index (κ3) is 6.80. The third-order valence-electron chi connectivity index (χ3n) is 8.05. The Labute approximate surface area is 257 Å². The van der Waals surface area contributed by atoms with Gasteiger partial charge in [0.25, 0.3) is 5.91 Å². The summed E-state index contributed by atoms with van der Waals surface area (Å²) < 4.78 is 26.5. The highest BCUT2D eigenvalue weighted by molar-refractivity contribution is 6.01. The standard InChI is InChI=1S/C32H42FN7O4/c1-19(2)25-15-35-40-28(39-16-22-8-9-24(12-23(22)17-39)36-30(41)20(3)33)13-27(37-29(25)40)34-14-21-10-11-38(18-26(21)43-7)31(42)44-32(4,5)6/h8-9,12-13,15,19,21,26H,3,10-11,14,16-18H2,1-2,4-7H3,(H,34,37)(H,36,41)/t21-,26+/m1/s1. The van der Waals surface area contributed by atoms with Crippen LogP contribution in [-0.2, 0) is 27.4 Å². The molecule has 3 aromatic rings. The normalized spacial score (nSPS) is 18.5. The van der Waals surface area contributed by atoms with Gasteiger partial charge in [0.05, 0.1) is 18.8 Å². The molecule has 0 bridgehead atoms. The Kier molecular flexibility index (Phi) is 8.83. The first kappa shape index (κ1) is 31.2. The number of piperidine rings is 1. The van der Waals surface area contributed by atoms with E-state index in [4.69, 9.17) is 19.6 Å². The van der Waals surface area contributed by atoms with Gasteiger partial charge >= 0.3 is 6.09 Å². The lowest BCUT2D eigenvalue weighted by atomic mass is 9.93. The van der Waals surface area contributed by atoms with E-state index in [0.717, 1.165) is 40.4 Å². The number of hydrogen-bond acceptors (Lipinski definition) is 8. The monoisotopic (exact) mass is 607 g/mol. The molecule has 1 fully saturated rings. The molecule has 0 unspecified atom stereocenters. The Hall–Kier alpha value is -4.19. The van der Waals surface area contributed by atoms with Crippen LogP contribution in [-0.4, -0.2) is 69.9 Å². The fraction of sp³-hybridized carbons (Fsp3) is 0.500. The molecule has 0 radical (unpaired) electrons. The number of likely N-dealkylation sites (tertiary alicyclic amines) is 1. The average Bonchev–Trinajstić information content (AvgIpc) is 3.59. The number of aromatic nitrogens is 3. The molecule has 2 aromatic heterocycles. The predicted molar refractivity (Wildman–Crippen MR) is 167 cm³/mol. The van der Waals surface area contributed by atoms with E-state index in [-0.39, 0.29) is 24.0 Å². The molecule has 4 heterocycles. The smallest absolute Gasteiger partial charge is 0.410 e. The van der Waals surface area contributed by atoms with Crippen LogP contribution >= 0.6 is 0 Å². The highest BCUT2D eigenvalue weighted by atomic mass is 19.1. The van der Waals surface area contributed by atoms with Crippen molar-refractivity contribution in [2.75, 3.05) is 42.3 Å². The Morgan fingerprint density at radius 3 is 2.61 bits per heavy atom. The van der Waals surface area contributed by atoms with Crippen molar-refractivity contribution in [3.8, 4) is 0 Å². The van der Waals surface area contributed by atoms with Crippen molar-refractivity contribution < 1.29 is 23.5 Å². The molecule has 12 heteroatoms. The largest absolute Gasteiger partial charge is 0.444 e. The van der Waals surface area contributed by atoms with Crippen molar-refractivity contribution in [1.82, 2.24) is 19.5 Å². The molecule has 2 aliphatic rings. The molecular weight excluding hydrogens is 565 g/mol. The van der Waals surface area contributed by atoms with Crippen molar-refractivity contribution >= 4 is 35.0 Å². The highest BCUT2D eigenvalue weighted by Crippen LogP contribution is 2.33. The topological polar surface area (TPSA) is 113 Å². The van der Waals surface area contributed by atoms with E-state index in [0.29, 0.717) is 38.4 Å². The van der Waals surface area contributed by atoms with Crippen molar-refractivity contribution in [2.45, 2.75) is 71.8 Å². The minimum atomic E-state index is -1.03. The molecule has 11 nitrogen and oxygen atoms in total. The number of amides is 2. The number of anilines is 3. The van der Waals surface area contributed by atoms with E-state index >= 15 is 0 Å². The van der Waals surface area contributed by atoms with Gasteiger partial charge in [0, 0.05) is 56.5 Å². The second-order valence-corrected chi connectivity index (χ2v) is 12.8. The quantitative estimate of drug-likeness (QED) is 0.324. The molecule has 0 spiro atoms. The van der Waals surface area contributed by atoms with Crippen molar-refractivity contribution in [2.24, 2.45) is 5.92 Å². The van der Waals surface area contributed by atoms with Crippen LogP contribution < -0.4 is 15.5 Å². The van der Waals surface area contributed by atoms with Gasteiger partial charge in [-0.2, -0.15) is 9.61 Å². The summed E-state index contributed by atoms with van der Waals surface area (Å²) in [5.41, 5.74) is 3.93. The lowest BCUT2D eigenvalue weighted by Gasteiger charge is -2.38. The molecular formula is C32H42FN7O4.